The van der Waals surface area contributed by atoms with Gasteiger partial charge in [0.05, 0.1) is 0 Å². The third-order valence-corrected chi connectivity index (χ3v) is 2.65. The summed E-state index contributed by atoms with van der Waals surface area (Å²) in [5, 5.41) is 3.46. The second kappa shape index (κ2) is 4.97. The molecule has 0 saturated carbocycles. The maximum atomic E-state index is 3.46. The molecule has 74 valence electrons. The van der Waals surface area contributed by atoms with E-state index in [1.165, 1.54) is 24.0 Å². The fraction of sp³-hybridized carbons (Fsp3) is 0.385. The van der Waals surface area contributed by atoms with Crippen molar-refractivity contribution in [2.24, 2.45) is 0 Å². The molecule has 1 nitrogen and oxygen atoms in total. The van der Waals surface area contributed by atoms with Crippen LogP contribution in [0.4, 0.5) is 0 Å². The summed E-state index contributed by atoms with van der Waals surface area (Å²) < 4.78 is 0. The first kappa shape index (κ1) is 9.47. The van der Waals surface area contributed by atoms with Gasteiger partial charge in [-0.25, -0.2) is 0 Å². The van der Waals surface area contributed by atoms with Crippen molar-refractivity contribution in [2.75, 3.05) is 13.1 Å². The lowest BCUT2D eigenvalue weighted by Gasteiger charge is -2.09. The molecule has 1 aliphatic heterocycles. The summed E-state index contributed by atoms with van der Waals surface area (Å²) in [7, 11) is 0. The van der Waals surface area contributed by atoms with Crippen LogP contribution >= 0.6 is 0 Å². The van der Waals surface area contributed by atoms with Crippen molar-refractivity contribution in [1.29, 1.82) is 0 Å². The Hall–Kier alpha value is -1.08. The average Bonchev–Trinajstić information content (AvgIpc) is 2.25. The van der Waals surface area contributed by atoms with Gasteiger partial charge in [-0.3, -0.25) is 0 Å². The van der Waals surface area contributed by atoms with Gasteiger partial charge >= 0.3 is 0 Å². The summed E-state index contributed by atoms with van der Waals surface area (Å²) in [6, 6.07) is 8.66. The third kappa shape index (κ3) is 2.46. The zero-order valence-electron chi connectivity index (χ0n) is 8.50. The lowest BCUT2D eigenvalue weighted by Crippen LogP contribution is -2.19. The topological polar surface area (TPSA) is 12.0 Å². The summed E-state index contributed by atoms with van der Waals surface area (Å²) in [5.74, 6) is 0. The van der Waals surface area contributed by atoms with E-state index >= 15 is 0 Å². The number of rotatable bonds is 0. The molecule has 1 aliphatic rings. The number of fused-ring (bicyclic) bond motifs is 1. The van der Waals surface area contributed by atoms with Crippen LogP contribution in [0, 0.1) is 0 Å². The molecule has 0 amide bonds. The second-order valence-corrected chi connectivity index (χ2v) is 3.74. The minimum atomic E-state index is 1.10. The summed E-state index contributed by atoms with van der Waals surface area (Å²) >= 11 is 0. The largest absolute Gasteiger partial charge is 0.316 e. The van der Waals surface area contributed by atoms with Crippen molar-refractivity contribution >= 4 is 6.08 Å². The first-order valence-electron chi connectivity index (χ1n) is 5.42. The summed E-state index contributed by atoms with van der Waals surface area (Å²) in [4.78, 5) is 0. The summed E-state index contributed by atoms with van der Waals surface area (Å²) in [6.07, 6.45) is 8.12. The molecule has 0 fully saturated rings. The maximum absolute atomic E-state index is 3.46. The zero-order valence-corrected chi connectivity index (χ0v) is 8.50. The molecule has 0 saturated heterocycles. The third-order valence-electron chi connectivity index (χ3n) is 2.65. The Morgan fingerprint density at radius 2 is 2.00 bits per heavy atom. The van der Waals surface area contributed by atoms with Gasteiger partial charge < -0.3 is 5.32 Å². The highest BCUT2D eigenvalue weighted by Crippen LogP contribution is 2.12. The number of nitrogens with one attached hydrogen (secondary N) is 1. The Balaban J connectivity index is 2.21. The number of hydrogen-bond donors (Lipinski definition) is 1. The smallest absolute Gasteiger partial charge is 0.000813 e. The molecule has 0 bridgehead atoms. The fourth-order valence-electron chi connectivity index (χ4n) is 1.83. The minimum absolute atomic E-state index is 1.10. The molecule has 1 heteroatoms. The molecule has 1 aromatic rings. The van der Waals surface area contributed by atoms with Crippen LogP contribution < -0.4 is 5.32 Å². The van der Waals surface area contributed by atoms with E-state index < -0.39 is 0 Å². The Kier molecular flexibility index (Phi) is 3.36. The van der Waals surface area contributed by atoms with Gasteiger partial charge in [-0.1, -0.05) is 36.4 Å². The molecule has 1 aromatic carbocycles. The van der Waals surface area contributed by atoms with E-state index in [9.17, 15) is 0 Å². The van der Waals surface area contributed by atoms with Crippen molar-refractivity contribution < 1.29 is 0 Å². The zero-order chi connectivity index (χ0) is 9.64. The average molecular weight is 187 g/mol. The van der Waals surface area contributed by atoms with Gasteiger partial charge in [0.15, 0.2) is 0 Å². The molecular weight excluding hydrogens is 170 g/mol. The number of hydrogen-bond acceptors (Lipinski definition) is 1. The molecular formula is C13H17N. The predicted molar refractivity (Wildman–Crippen MR) is 61.3 cm³/mol. The van der Waals surface area contributed by atoms with Gasteiger partial charge in [-0.2, -0.15) is 0 Å². The molecule has 2 rings (SSSR count). The summed E-state index contributed by atoms with van der Waals surface area (Å²) in [6.45, 7) is 2.25. The number of benzene rings is 1. The first-order chi connectivity index (χ1) is 6.97. The highest BCUT2D eigenvalue weighted by Gasteiger charge is 1.99. The van der Waals surface area contributed by atoms with Crippen LogP contribution in [0.2, 0.25) is 0 Å². The predicted octanol–water partition coefficient (Wildman–Crippen LogP) is 2.63. The van der Waals surface area contributed by atoms with Crippen molar-refractivity contribution in [3.63, 3.8) is 0 Å². The van der Waals surface area contributed by atoms with E-state index in [-0.39, 0.29) is 0 Å². The normalized spacial score (nSPS) is 17.4. The van der Waals surface area contributed by atoms with Crippen LogP contribution in [0.5, 0.6) is 0 Å². The van der Waals surface area contributed by atoms with Crippen LogP contribution in [-0.2, 0) is 6.42 Å². The molecule has 0 aromatic heterocycles. The Labute approximate surface area is 85.8 Å². The molecule has 0 spiro atoms. The van der Waals surface area contributed by atoms with Crippen LogP contribution in [-0.4, -0.2) is 13.1 Å². The Bertz CT molecular complexity index is 315. The van der Waals surface area contributed by atoms with Gasteiger partial charge in [-0.05, 0) is 43.5 Å². The van der Waals surface area contributed by atoms with Gasteiger partial charge in [0.25, 0.3) is 0 Å². The van der Waals surface area contributed by atoms with Crippen molar-refractivity contribution in [3.05, 3.63) is 41.5 Å². The number of allylic oxidation sites excluding steroid dienone is 1. The minimum Gasteiger partial charge on any atom is -0.316 e. The SMILES string of the molecule is C1=Cc2ccccc2CCNCCC1. The monoisotopic (exact) mass is 187 g/mol. The Morgan fingerprint density at radius 3 is 3.00 bits per heavy atom. The molecule has 1 N–H and O–H groups in total. The van der Waals surface area contributed by atoms with Gasteiger partial charge in [0.2, 0.25) is 0 Å². The molecule has 0 radical (unpaired) electrons. The summed E-state index contributed by atoms with van der Waals surface area (Å²) in [5.41, 5.74) is 2.84. The van der Waals surface area contributed by atoms with Crippen molar-refractivity contribution in [3.8, 4) is 0 Å². The highest BCUT2D eigenvalue weighted by atomic mass is 14.8. The molecule has 1 heterocycles. The van der Waals surface area contributed by atoms with E-state index in [4.69, 9.17) is 0 Å². The van der Waals surface area contributed by atoms with E-state index in [0.29, 0.717) is 0 Å². The molecule has 0 unspecified atom stereocenters. The van der Waals surface area contributed by atoms with E-state index in [1.54, 1.807) is 0 Å². The van der Waals surface area contributed by atoms with Crippen molar-refractivity contribution in [1.82, 2.24) is 5.32 Å². The standard InChI is InChI=1S/C13H17N/c1-2-6-12-7-3-4-8-13(12)9-11-14-10-5-1/h2-4,6-8,14H,1,5,9-11H2. The van der Waals surface area contributed by atoms with E-state index in [1.807, 2.05) is 0 Å². The van der Waals surface area contributed by atoms with E-state index in [2.05, 4.69) is 41.7 Å². The quantitative estimate of drug-likeness (QED) is 0.658. The lowest BCUT2D eigenvalue weighted by molar-refractivity contribution is 0.651. The Morgan fingerprint density at radius 1 is 1.07 bits per heavy atom. The lowest BCUT2D eigenvalue weighted by atomic mass is 10.0. The first-order valence-corrected chi connectivity index (χ1v) is 5.42. The maximum Gasteiger partial charge on any atom is -0.000813 e. The van der Waals surface area contributed by atoms with Crippen LogP contribution in [0.3, 0.4) is 0 Å². The second-order valence-electron chi connectivity index (χ2n) is 3.74. The van der Waals surface area contributed by atoms with Crippen LogP contribution in [0.1, 0.15) is 24.0 Å². The fourth-order valence-corrected chi connectivity index (χ4v) is 1.83. The van der Waals surface area contributed by atoms with Gasteiger partial charge in [0.1, 0.15) is 0 Å². The molecule has 14 heavy (non-hydrogen) atoms. The highest BCUT2D eigenvalue weighted by molar-refractivity contribution is 5.53. The van der Waals surface area contributed by atoms with Crippen LogP contribution in [0.25, 0.3) is 6.08 Å². The van der Waals surface area contributed by atoms with Gasteiger partial charge in [-0.15, -0.1) is 0 Å². The van der Waals surface area contributed by atoms with Crippen LogP contribution in [0.15, 0.2) is 30.3 Å². The van der Waals surface area contributed by atoms with Crippen molar-refractivity contribution in [2.45, 2.75) is 19.3 Å². The molecule has 0 atom stereocenters. The van der Waals surface area contributed by atoms with E-state index in [0.717, 1.165) is 19.5 Å². The van der Waals surface area contributed by atoms with Gasteiger partial charge in [0, 0.05) is 0 Å². The molecule has 0 aliphatic carbocycles.